The summed E-state index contributed by atoms with van der Waals surface area (Å²) < 4.78 is 46.1. The van der Waals surface area contributed by atoms with E-state index in [4.69, 9.17) is 4.42 Å². The van der Waals surface area contributed by atoms with Crippen molar-refractivity contribution in [2.75, 3.05) is 13.1 Å². The molecule has 1 aliphatic rings. The Balaban J connectivity index is 1.56. The summed E-state index contributed by atoms with van der Waals surface area (Å²) >= 11 is 0. The molecule has 27 heavy (non-hydrogen) atoms. The number of halogens is 1. The van der Waals surface area contributed by atoms with Crippen LogP contribution in [0, 0.1) is 5.82 Å². The van der Waals surface area contributed by atoms with E-state index in [1.54, 1.807) is 0 Å². The fourth-order valence-electron chi connectivity index (χ4n) is 3.05. The van der Waals surface area contributed by atoms with Gasteiger partial charge in [0.15, 0.2) is 0 Å². The molecule has 0 aliphatic carbocycles. The van der Waals surface area contributed by atoms with Crippen molar-refractivity contribution in [3.8, 4) is 11.6 Å². The average molecular weight is 389 g/mol. The molecule has 0 N–H and O–H groups in total. The number of benzene rings is 1. The van der Waals surface area contributed by atoms with Crippen LogP contribution >= 0.6 is 0 Å². The normalized spacial score (nSPS) is 18.5. The summed E-state index contributed by atoms with van der Waals surface area (Å²) in [4.78, 5) is 8.01. The van der Waals surface area contributed by atoms with Gasteiger partial charge in [0.1, 0.15) is 11.5 Å². The summed E-state index contributed by atoms with van der Waals surface area (Å²) in [6, 6.07) is 5.01. The summed E-state index contributed by atoms with van der Waals surface area (Å²) in [7, 11) is -3.79. The summed E-state index contributed by atoms with van der Waals surface area (Å²) in [5, 5.41) is 8.04. The molecule has 1 fully saturated rings. The molecule has 3 aromatic rings. The number of sulfonamides is 1. The highest BCUT2D eigenvalue weighted by Gasteiger charge is 2.33. The summed E-state index contributed by atoms with van der Waals surface area (Å²) in [6.07, 6.45) is 5.93. The first-order valence-corrected chi connectivity index (χ1v) is 9.83. The first kappa shape index (κ1) is 17.7. The van der Waals surface area contributed by atoms with Crippen LogP contribution in [0.1, 0.15) is 24.7 Å². The van der Waals surface area contributed by atoms with Gasteiger partial charge in [-0.3, -0.25) is 4.98 Å². The molecule has 0 bridgehead atoms. The van der Waals surface area contributed by atoms with Crippen molar-refractivity contribution in [1.82, 2.24) is 24.5 Å². The van der Waals surface area contributed by atoms with Crippen LogP contribution in [-0.2, 0) is 10.0 Å². The van der Waals surface area contributed by atoms with Crippen molar-refractivity contribution in [2.24, 2.45) is 0 Å². The minimum atomic E-state index is -3.79. The molecule has 1 atom stereocenters. The van der Waals surface area contributed by atoms with Crippen LogP contribution in [0.3, 0.4) is 0 Å². The van der Waals surface area contributed by atoms with Crippen molar-refractivity contribution in [2.45, 2.75) is 23.7 Å². The molecule has 1 aliphatic heterocycles. The first-order chi connectivity index (χ1) is 13.0. The van der Waals surface area contributed by atoms with E-state index in [0.717, 1.165) is 12.5 Å². The molecule has 0 saturated carbocycles. The Kier molecular flexibility index (Phi) is 4.66. The number of piperidine rings is 1. The fourth-order valence-corrected chi connectivity index (χ4v) is 4.61. The minimum absolute atomic E-state index is 0.0612. The Bertz CT molecular complexity index is 1040. The van der Waals surface area contributed by atoms with Crippen LogP contribution in [-0.4, -0.2) is 46.0 Å². The van der Waals surface area contributed by atoms with Crippen LogP contribution in [0.2, 0.25) is 0 Å². The Morgan fingerprint density at radius 1 is 1.22 bits per heavy atom. The van der Waals surface area contributed by atoms with E-state index in [1.807, 2.05) is 0 Å². The minimum Gasteiger partial charge on any atom is -0.419 e. The summed E-state index contributed by atoms with van der Waals surface area (Å²) in [5.41, 5.74) is 0.455. The Morgan fingerprint density at radius 3 is 2.89 bits per heavy atom. The predicted molar refractivity (Wildman–Crippen MR) is 92.5 cm³/mol. The predicted octanol–water partition coefficient (Wildman–Crippen LogP) is 2.23. The van der Waals surface area contributed by atoms with Crippen LogP contribution in [0.25, 0.3) is 11.6 Å². The fraction of sp³-hybridized carbons (Fsp3) is 0.294. The van der Waals surface area contributed by atoms with E-state index in [9.17, 15) is 12.8 Å². The Morgan fingerprint density at radius 2 is 2.11 bits per heavy atom. The molecule has 0 radical (unpaired) electrons. The largest absolute Gasteiger partial charge is 0.419 e. The third-order valence-corrected chi connectivity index (χ3v) is 6.25. The standard InChI is InChI=1S/C17H16FN5O3S/c18-13-4-1-5-14(9-13)27(24,25)23-8-2-3-12(11-23)16-21-22-17(26-16)15-10-19-6-7-20-15/h1,4-7,9-10,12H,2-3,8,11H2/t12-/m0/s1. The van der Waals surface area contributed by atoms with Crippen LogP contribution < -0.4 is 0 Å². The lowest BCUT2D eigenvalue weighted by molar-refractivity contribution is 0.286. The highest BCUT2D eigenvalue weighted by atomic mass is 32.2. The van der Waals surface area contributed by atoms with Gasteiger partial charge in [0.25, 0.3) is 5.89 Å². The van der Waals surface area contributed by atoms with Crippen molar-refractivity contribution >= 4 is 10.0 Å². The van der Waals surface area contributed by atoms with E-state index in [0.29, 0.717) is 24.6 Å². The lowest BCUT2D eigenvalue weighted by atomic mass is 10.00. The second-order valence-electron chi connectivity index (χ2n) is 6.20. The quantitative estimate of drug-likeness (QED) is 0.674. The first-order valence-electron chi connectivity index (χ1n) is 8.39. The second-order valence-corrected chi connectivity index (χ2v) is 8.13. The highest BCUT2D eigenvalue weighted by molar-refractivity contribution is 7.89. The van der Waals surface area contributed by atoms with Crippen molar-refractivity contribution in [3.05, 3.63) is 54.6 Å². The number of hydrogen-bond donors (Lipinski definition) is 0. The van der Waals surface area contributed by atoms with Gasteiger partial charge in [-0.2, -0.15) is 4.31 Å². The second kappa shape index (κ2) is 7.12. The van der Waals surface area contributed by atoms with Crippen LogP contribution in [0.15, 0.2) is 52.2 Å². The molecule has 1 aromatic carbocycles. The average Bonchev–Trinajstić information content (AvgIpc) is 3.19. The van der Waals surface area contributed by atoms with Gasteiger partial charge in [0.05, 0.1) is 17.0 Å². The van der Waals surface area contributed by atoms with Crippen LogP contribution in [0.4, 0.5) is 4.39 Å². The molecular formula is C17H16FN5O3S. The molecule has 3 heterocycles. The molecule has 0 unspecified atom stereocenters. The van der Waals surface area contributed by atoms with Crippen LogP contribution in [0.5, 0.6) is 0 Å². The Hall–Kier alpha value is -2.72. The molecular weight excluding hydrogens is 373 g/mol. The number of nitrogens with zero attached hydrogens (tertiary/aromatic N) is 5. The maximum absolute atomic E-state index is 13.4. The highest BCUT2D eigenvalue weighted by Crippen LogP contribution is 2.30. The molecule has 0 amide bonds. The van der Waals surface area contributed by atoms with Gasteiger partial charge in [0, 0.05) is 25.5 Å². The molecule has 0 spiro atoms. The van der Waals surface area contributed by atoms with E-state index >= 15 is 0 Å². The van der Waals surface area contributed by atoms with Gasteiger partial charge >= 0.3 is 0 Å². The van der Waals surface area contributed by atoms with Gasteiger partial charge in [-0.1, -0.05) is 6.07 Å². The number of hydrogen-bond acceptors (Lipinski definition) is 7. The van der Waals surface area contributed by atoms with E-state index in [-0.39, 0.29) is 23.2 Å². The topological polar surface area (TPSA) is 102 Å². The van der Waals surface area contributed by atoms with E-state index < -0.39 is 15.8 Å². The van der Waals surface area contributed by atoms with Gasteiger partial charge in [-0.25, -0.2) is 17.8 Å². The van der Waals surface area contributed by atoms with Crippen molar-refractivity contribution < 1.29 is 17.2 Å². The van der Waals surface area contributed by atoms with Gasteiger partial charge in [-0.15, -0.1) is 10.2 Å². The van der Waals surface area contributed by atoms with Gasteiger partial charge < -0.3 is 4.42 Å². The maximum atomic E-state index is 13.4. The van der Waals surface area contributed by atoms with Gasteiger partial charge in [-0.05, 0) is 31.0 Å². The van der Waals surface area contributed by atoms with E-state index in [2.05, 4.69) is 20.2 Å². The number of aromatic nitrogens is 4. The van der Waals surface area contributed by atoms with Gasteiger partial charge in [0.2, 0.25) is 15.9 Å². The summed E-state index contributed by atoms with van der Waals surface area (Å²) in [5.74, 6) is -0.229. The van der Waals surface area contributed by atoms with Crippen molar-refractivity contribution in [3.63, 3.8) is 0 Å². The lowest BCUT2D eigenvalue weighted by Crippen LogP contribution is -2.39. The zero-order valence-electron chi connectivity index (χ0n) is 14.2. The molecule has 140 valence electrons. The van der Waals surface area contributed by atoms with E-state index in [1.165, 1.54) is 41.1 Å². The van der Waals surface area contributed by atoms with Crippen molar-refractivity contribution in [1.29, 1.82) is 0 Å². The molecule has 8 nitrogen and oxygen atoms in total. The maximum Gasteiger partial charge on any atom is 0.267 e. The zero-order chi connectivity index (χ0) is 18.9. The smallest absolute Gasteiger partial charge is 0.267 e. The zero-order valence-corrected chi connectivity index (χ0v) is 15.0. The molecule has 2 aromatic heterocycles. The third-order valence-electron chi connectivity index (χ3n) is 4.39. The molecule has 4 rings (SSSR count). The SMILES string of the molecule is O=S(=O)(c1cccc(F)c1)N1CCC[C@H](c2nnc(-c3cnccn3)o2)C1. The lowest BCUT2D eigenvalue weighted by Gasteiger charge is -2.30. The molecule has 10 heteroatoms. The Labute approximate surface area is 155 Å². The summed E-state index contributed by atoms with van der Waals surface area (Å²) in [6.45, 7) is 0.557. The monoisotopic (exact) mass is 389 g/mol. The third kappa shape index (κ3) is 3.58. The molecule has 1 saturated heterocycles. The number of rotatable bonds is 4.